The predicted octanol–water partition coefficient (Wildman–Crippen LogP) is 6.39. The van der Waals surface area contributed by atoms with Gasteiger partial charge >= 0.3 is 5.97 Å². The van der Waals surface area contributed by atoms with E-state index in [1.165, 1.54) is 11.1 Å². The van der Waals surface area contributed by atoms with E-state index < -0.39 is 71.2 Å². The van der Waals surface area contributed by atoms with Crippen molar-refractivity contribution in [1.82, 2.24) is 10.3 Å². The maximum absolute atomic E-state index is 15.2. The third kappa shape index (κ3) is 5.13. The lowest BCUT2D eigenvalue weighted by Gasteiger charge is -2.69. The number of aromatic amines is 1. The lowest BCUT2D eigenvalue weighted by molar-refractivity contribution is -0.372. The van der Waals surface area contributed by atoms with Crippen LogP contribution in [0.15, 0.2) is 66.7 Å². The number of H-pyrrole nitrogens is 1. The van der Waals surface area contributed by atoms with Gasteiger partial charge in [0.25, 0.3) is 0 Å². The summed E-state index contributed by atoms with van der Waals surface area (Å²) >= 11 is 0. The van der Waals surface area contributed by atoms with Crippen LogP contribution in [0.1, 0.15) is 74.1 Å². The van der Waals surface area contributed by atoms with Crippen LogP contribution in [0.3, 0.4) is 0 Å². The van der Waals surface area contributed by atoms with Crippen LogP contribution in [0, 0.1) is 46.8 Å². The number of phenolic OH excluding ortho intramolecular Hbond substituents is 1. The molecule has 4 aliphatic heterocycles. The van der Waals surface area contributed by atoms with Crippen LogP contribution in [0.25, 0.3) is 32.4 Å². The first-order chi connectivity index (χ1) is 32.5. The van der Waals surface area contributed by atoms with E-state index in [4.69, 9.17) is 14.2 Å². The number of aliphatic hydroxyl groups excluding tert-OH is 3. The highest BCUT2D eigenvalue weighted by molar-refractivity contribution is 8.76. The minimum Gasteiger partial charge on any atom is -0.508 e. The van der Waals surface area contributed by atoms with Crippen LogP contribution in [0.2, 0.25) is 0 Å². The number of rotatable bonds is 4. The van der Waals surface area contributed by atoms with Gasteiger partial charge in [-0.3, -0.25) is 0 Å². The zero-order valence-corrected chi connectivity index (χ0v) is 39.0. The predicted molar refractivity (Wildman–Crippen MR) is 254 cm³/mol. The molecule has 67 heavy (non-hydrogen) atoms. The number of phenols is 1. The molecule has 6 aliphatic carbocycles. The molecule has 1 aromatic heterocycles. The van der Waals surface area contributed by atoms with Crippen LogP contribution in [0.5, 0.6) is 11.5 Å². The molecule has 8 N–H and O–H groups in total. The molecule has 15 rings (SSSR count). The van der Waals surface area contributed by atoms with E-state index in [2.05, 4.69) is 22.4 Å². The third-order valence-corrected chi connectivity index (χ3v) is 22.4. The van der Waals surface area contributed by atoms with E-state index in [0.717, 1.165) is 58.7 Å². The van der Waals surface area contributed by atoms with Gasteiger partial charge in [0.15, 0.2) is 17.5 Å². The first-order valence-electron chi connectivity index (χ1n) is 24.7. The molecule has 0 radical (unpaired) electrons. The molecule has 352 valence electrons. The van der Waals surface area contributed by atoms with E-state index >= 15 is 4.79 Å². The van der Waals surface area contributed by atoms with Gasteiger partial charge in [0.05, 0.1) is 35.4 Å². The van der Waals surface area contributed by atoms with Crippen LogP contribution >= 0.6 is 21.6 Å². The Morgan fingerprint density at radius 2 is 1.72 bits per heavy atom. The number of hydrogen-bond donors (Lipinski definition) is 8. The maximum Gasteiger partial charge on any atom is 0.343 e. The summed E-state index contributed by atoms with van der Waals surface area (Å²) in [5.41, 5.74) is -0.258. The fraction of sp³-hybridized carbons (Fsp3) is 0.566. The summed E-state index contributed by atoms with van der Waals surface area (Å²) in [4.78, 5) is 18.5. The fourth-order valence-corrected chi connectivity index (χ4v) is 20.6. The highest BCUT2D eigenvalue weighted by atomic mass is 33.1. The molecule has 10 aliphatic rings. The minimum absolute atomic E-state index is 0.0662. The molecule has 0 unspecified atom stereocenters. The zero-order chi connectivity index (χ0) is 45.5. The van der Waals surface area contributed by atoms with Crippen molar-refractivity contribution in [3.63, 3.8) is 0 Å². The summed E-state index contributed by atoms with van der Waals surface area (Å²) in [5.74, 6) is -1.09. The number of nitrogens with one attached hydrogen (secondary N) is 2. The van der Waals surface area contributed by atoms with Crippen molar-refractivity contribution in [3.05, 3.63) is 83.6 Å². The molecule has 8 fully saturated rings. The van der Waals surface area contributed by atoms with Crippen LogP contribution in [0.4, 0.5) is 0 Å². The molecular formula is C53H58N2O10S2. The first kappa shape index (κ1) is 42.5. The molecule has 4 aromatic carbocycles. The summed E-state index contributed by atoms with van der Waals surface area (Å²) in [6, 6.07) is 22.0. The van der Waals surface area contributed by atoms with Gasteiger partial charge in [-0.1, -0.05) is 58.0 Å². The van der Waals surface area contributed by atoms with Gasteiger partial charge in [0.2, 0.25) is 5.79 Å². The van der Waals surface area contributed by atoms with Gasteiger partial charge in [-0.15, -0.1) is 0 Å². The second kappa shape index (κ2) is 14.6. The molecule has 5 saturated carbocycles. The number of esters is 1. The van der Waals surface area contributed by atoms with Crippen molar-refractivity contribution in [2.45, 2.75) is 117 Å². The van der Waals surface area contributed by atoms with Crippen LogP contribution in [-0.4, -0.2) is 108 Å². The number of aromatic nitrogens is 1. The van der Waals surface area contributed by atoms with Crippen molar-refractivity contribution < 1.29 is 49.6 Å². The van der Waals surface area contributed by atoms with Crippen LogP contribution in [-0.2, 0) is 26.3 Å². The molecule has 0 amide bonds. The Morgan fingerprint density at radius 1 is 0.896 bits per heavy atom. The number of aromatic hydroxyl groups is 1. The van der Waals surface area contributed by atoms with Gasteiger partial charge in [0, 0.05) is 40.2 Å². The van der Waals surface area contributed by atoms with Gasteiger partial charge in [-0.05, 0) is 157 Å². The first-order valence-corrected chi connectivity index (χ1v) is 27.1. The summed E-state index contributed by atoms with van der Waals surface area (Å²) in [5, 5.41) is 81.8. The molecule has 3 saturated heterocycles. The SMILES string of the molecule is CN[C@H]1CSSC[C@@H]2c3cc(O)ccc3[C@]34[C@H](CC[C@@]35[C@H](O)[C@H]1C[C@@H]1[C@H]3CC[C@@H](O)[C@]6(O)O[C@@H](C(=O)Oc7c(CO)[nH]c8ccc9cc%10ccccc%10cc9c78)[C@H](O[C@@H]15)[C@]36O)C[C@H]1CC[C@@H]2[C@H]14. The number of carbonyl (C=O) groups excluding carboxylic acids is 1. The summed E-state index contributed by atoms with van der Waals surface area (Å²) < 4.78 is 20.5. The highest BCUT2D eigenvalue weighted by Crippen LogP contribution is 2.81. The van der Waals surface area contributed by atoms with Crippen molar-refractivity contribution in [3.8, 4) is 11.5 Å². The van der Waals surface area contributed by atoms with E-state index in [0.29, 0.717) is 42.0 Å². The lowest BCUT2D eigenvalue weighted by atomic mass is 9.40. The smallest absolute Gasteiger partial charge is 0.343 e. The topological polar surface area (TPSA) is 194 Å². The van der Waals surface area contributed by atoms with Gasteiger partial charge in [0.1, 0.15) is 18.0 Å². The molecule has 2 spiro atoms. The van der Waals surface area contributed by atoms with Crippen molar-refractivity contribution in [2.24, 2.45) is 46.8 Å². The Kier molecular flexibility index (Phi) is 9.24. The number of ether oxygens (including phenoxy) is 3. The Morgan fingerprint density at radius 3 is 2.54 bits per heavy atom. The van der Waals surface area contributed by atoms with Gasteiger partial charge in [-0.2, -0.15) is 0 Å². The summed E-state index contributed by atoms with van der Waals surface area (Å²) in [6.45, 7) is -0.463. The van der Waals surface area contributed by atoms with E-state index in [9.17, 15) is 30.6 Å². The number of hydrogen-bond acceptors (Lipinski definition) is 13. The largest absolute Gasteiger partial charge is 0.508 e. The molecular weight excluding hydrogens is 889 g/mol. The molecule has 12 nitrogen and oxygen atoms in total. The summed E-state index contributed by atoms with van der Waals surface area (Å²) in [6.07, 6.45) is -0.311. The molecule has 4 bridgehead atoms. The molecule has 14 heteroatoms. The number of aliphatic hydroxyl groups is 5. The quantitative estimate of drug-likeness (QED) is 0.0562. The zero-order valence-electron chi connectivity index (χ0n) is 37.3. The van der Waals surface area contributed by atoms with Crippen molar-refractivity contribution in [1.29, 1.82) is 0 Å². The summed E-state index contributed by atoms with van der Waals surface area (Å²) in [7, 11) is 5.71. The standard InChI is InChI=1S/C53H58N2O10S2/c1-54-40-23-67-66-22-35-30-9-6-27-17-28-14-15-50(51(28,43(27)30)36-10-8-29(57)19-32(35)36)46(59)34(40)20-33-37-11-13-41(58)53(62)52(37,61)48(64-47(33)50)45(65-53)49(60)63-44-39(21-56)55-38-12-7-26-16-24-4-2-3-5-25(24)18-31(26)42(38)44/h2-5,7-8,10,12,16,18-19,27-28,30,33-35,37,40-41,43,45-48,54-59,61-62H,6,9,11,13-15,17,20-23H2,1H3/t27-,28-,30+,33-,34+,35+,37-,40+,41-,43+,45-,46-,47+,48+,50+,51+,52-,53+/m1/s1. The number of fused-ring (bicyclic) bond motifs is 10. The second-order valence-electron chi connectivity index (χ2n) is 21.9. The lowest BCUT2D eigenvalue weighted by Crippen LogP contribution is -2.79. The molecule has 5 aromatic rings. The average molecular weight is 947 g/mol. The monoisotopic (exact) mass is 946 g/mol. The maximum atomic E-state index is 15.2. The highest BCUT2D eigenvalue weighted by Gasteiger charge is 2.84. The molecule has 5 heterocycles. The number of carbonyl (C=O) groups is 1. The van der Waals surface area contributed by atoms with Crippen molar-refractivity contribution in [2.75, 3.05) is 18.6 Å². The second-order valence-corrected chi connectivity index (χ2v) is 24.5. The third-order valence-electron chi connectivity index (χ3n) is 19.9. The normalized spacial score (nSPS) is 44.5. The molecule has 18 atom stereocenters. The Balaban J connectivity index is 0.945. The Bertz CT molecular complexity index is 2900. The average Bonchev–Trinajstić information content (AvgIpc) is 4.12. The van der Waals surface area contributed by atoms with Crippen molar-refractivity contribution >= 4 is 60.0 Å². The minimum atomic E-state index is -2.57. The Hall–Kier alpha value is -3.41. The van der Waals surface area contributed by atoms with E-state index in [-0.39, 0.29) is 59.2 Å². The van der Waals surface area contributed by atoms with E-state index in [1.807, 2.05) is 83.2 Å². The Labute approximate surface area is 395 Å². The number of benzene rings is 4. The van der Waals surface area contributed by atoms with Gasteiger partial charge in [-0.25, -0.2) is 4.79 Å². The van der Waals surface area contributed by atoms with E-state index in [1.54, 1.807) is 0 Å². The van der Waals surface area contributed by atoms with Crippen LogP contribution < -0.4 is 10.1 Å². The van der Waals surface area contributed by atoms with Gasteiger partial charge < -0.3 is 55.2 Å². The fourth-order valence-electron chi connectivity index (χ4n) is 17.8.